The first-order valence-corrected chi connectivity index (χ1v) is 9.71. The van der Waals surface area contributed by atoms with Crippen LogP contribution in [0.1, 0.15) is 52.4 Å². The molecule has 3 aromatic rings. The highest BCUT2D eigenvalue weighted by Crippen LogP contribution is 2.32. The molecule has 4 rings (SSSR count). The molecule has 1 N–H and O–H groups in total. The molecule has 8 heteroatoms. The topological polar surface area (TPSA) is 81.8 Å². The van der Waals surface area contributed by atoms with Gasteiger partial charge in [0.15, 0.2) is 5.69 Å². The van der Waals surface area contributed by atoms with Crippen LogP contribution in [0.2, 0.25) is 0 Å². The third-order valence-electron chi connectivity index (χ3n) is 4.82. The summed E-state index contributed by atoms with van der Waals surface area (Å²) < 4.78 is 2.80. The van der Waals surface area contributed by atoms with E-state index < -0.39 is 5.91 Å². The molecule has 26 heavy (non-hydrogen) atoms. The van der Waals surface area contributed by atoms with Crippen molar-refractivity contribution in [3.8, 4) is 0 Å². The summed E-state index contributed by atoms with van der Waals surface area (Å²) >= 11 is 1.63. The molecular formula is C18H21N5O2S. The van der Waals surface area contributed by atoms with E-state index in [1.165, 1.54) is 22.4 Å². The van der Waals surface area contributed by atoms with Crippen LogP contribution >= 0.6 is 11.3 Å². The standard InChI is InChI=1S/C18H21N5O2S/c1-11-19-17-15(12-7-5-3-4-6-8-14(12)26-17)18(25)23(11)21-16(24)13-9-10-22(2)20-13/h9-10H,3-8H2,1-2H3,(H,21,24). The van der Waals surface area contributed by atoms with E-state index in [9.17, 15) is 9.59 Å². The summed E-state index contributed by atoms with van der Waals surface area (Å²) in [7, 11) is 1.74. The van der Waals surface area contributed by atoms with Gasteiger partial charge in [-0.25, -0.2) is 9.66 Å². The van der Waals surface area contributed by atoms with Gasteiger partial charge >= 0.3 is 0 Å². The maximum Gasteiger partial charge on any atom is 0.290 e. The van der Waals surface area contributed by atoms with Gasteiger partial charge in [0.1, 0.15) is 10.7 Å². The van der Waals surface area contributed by atoms with Crippen LogP contribution < -0.4 is 11.0 Å². The van der Waals surface area contributed by atoms with Crippen molar-refractivity contribution in [2.75, 3.05) is 5.43 Å². The van der Waals surface area contributed by atoms with Crippen molar-refractivity contribution < 1.29 is 4.79 Å². The first-order valence-electron chi connectivity index (χ1n) is 8.89. The zero-order valence-electron chi connectivity index (χ0n) is 14.9. The second kappa shape index (κ2) is 6.68. The molecule has 0 fully saturated rings. The Kier molecular flexibility index (Phi) is 4.36. The molecule has 0 radical (unpaired) electrons. The van der Waals surface area contributed by atoms with Gasteiger partial charge in [0, 0.05) is 18.1 Å². The highest BCUT2D eigenvalue weighted by Gasteiger charge is 2.21. The first kappa shape index (κ1) is 17.0. The highest BCUT2D eigenvalue weighted by atomic mass is 32.1. The van der Waals surface area contributed by atoms with E-state index in [-0.39, 0.29) is 11.3 Å². The van der Waals surface area contributed by atoms with Crippen molar-refractivity contribution in [2.45, 2.75) is 45.4 Å². The Balaban J connectivity index is 1.79. The Morgan fingerprint density at radius 3 is 2.73 bits per heavy atom. The average molecular weight is 371 g/mol. The van der Waals surface area contributed by atoms with Crippen LogP contribution in [0.15, 0.2) is 17.1 Å². The van der Waals surface area contributed by atoms with Gasteiger partial charge in [0.2, 0.25) is 0 Å². The summed E-state index contributed by atoms with van der Waals surface area (Å²) in [6.07, 6.45) is 8.29. The Labute approximate surface area is 154 Å². The predicted octanol–water partition coefficient (Wildman–Crippen LogP) is 2.54. The number of fused-ring (bicyclic) bond motifs is 3. The van der Waals surface area contributed by atoms with Crippen molar-refractivity contribution in [1.29, 1.82) is 0 Å². The van der Waals surface area contributed by atoms with E-state index in [1.807, 2.05) is 0 Å². The number of amides is 1. The lowest BCUT2D eigenvalue weighted by Gasteiger charge is -2.11. The summed E-state index contributed by atoms with van der Waals surface area (Å²) in [5, 5.41) is 4.75. The maximum absolute atomic E-state index is 13.1. The van der Waals surface area contributed by atoms with E-state index in [2.05, 4.69) is 15.5 Å². The van der Waals surface area contributed by atoms with Crippen LogP contribution in [0.3, 0.4) is 0 Å². The molecule has 7 nitrogen and oxygen atoms in total. The molecule has 1 aliphatic carbocycles. The SMILES string of the molecule is Cc1nc2sc3c(c2c(=O)n1NC(=O)c1ccn(C)n1)CCCCCC3. The second-order valence-corrected chi connectivity index (χ2v) is 7.80. The molecule has 0 bridgehead atoms. The summed E-state index contributed by atoms with van der Waals surface area (Å²) in [6.45, 7) is 1.73. The van der Waals surface area contributed by atoms with Crippen LogP contribution in [0.5, 0.6) is 0 Å². The van der Waals surface area contributed by atoms with E-state index in [4.69, 9.17) is 0 Å². The smallest absolute Gasteiger partial charge is 0.275 e. The monoisotopic (exact) mass is 371 g/mol. The Morgan fingerprint density at radius 2 is 2.00 bits per heavy atom. The number of hydrogen-bond acceptors (Lipinski definition) is 5. The highest BCUT2D eigenvalue weighted by molar-refractivity contribution is 7.18. The largest absolute Gasteiger partial charge is 0.290 e. The number of hydrogen-bond donors (Lipinski definition) is 1. The molecule has 1 amide bonds. The number of rotatable bonds is 2. The fraction of sp³-hybridized carbons (Fsp3) is 0.444. The third-order valence-corrected chi connectivity index (χ3v) is 6.00. The van der Waals surface area contributed by atoms with Crippen LogP contribution in [-0.2, 0) is 19.9 Å². The van der Waals surface area contributed by atoms with Gasteiger partial charge in [-0.05, 0) is 44.2 Å². The fourth-order valence-electron chi connectivity index (χ4n) is 3.49. The van der Waals surface area contributed by atoms with Crippen molar-refractivity contribution in [1.82, 2.24) is 19.4 Å². The van der Waals surface area contributed by atoms with E-state index in [0.717, 1.165) is 36.1 Å². The van der Waals surface area contributed by atoms with E-state index in [1.54, 1.807) is 42.3 Å². The van der Waals surface area contributed by atoms with E-state index >= 15 is 0 Å². The number of nitrogens with one attached hydrogen (secondary N) is 1. The number of aromatic nitrogens is 4. The molecule has 136 valence electrons. The minimum Gasteiger partial charge on any atom is -0.275 e. The molecule has 0 aromatic carbocycles. The number of nitrogens with zero attached hydrogens (tertiary/aromatic N) is 4. The van der Waals surface area contributed by atoms with Crippen LogP contribution in [0.4, 0.5) is 0 Å². The average Bonchev–Trinajstić information content (AvgIpc) is 3.15. The molecule has 1 aliphatic rings. The van der Waals surface area contributed by atoms with Crippen molar-refractivity contribution >= 4 is 27.5 Å². The maximum atomic E-state index is 13.1. The number of aryl methyl sites for hydroxylation is 4. The molecule has 0 unspecified atom stereocenters. The minimum atomic E-state index is -0.421. The molecule has 0 atom stereocenters. The lowest BCUT2D eigenvalue weighted by Crippen LogP contribution is -2.35. The van der Waals surface area contributed by atoms with Gasteiger partial charge < -0.3 is 0 Å². The predicted molar refractivity (Wildman–Crippen MR) is 101 cm³/mol. The molecule has 3 heterocycles. The molecule has 3 aromatic heterocycles. The van der Waals surface area contributed by atoms with Crippen LogP contribution in [0.25, 0.3) is 10.2 Å². The number of carbonyl (C=O) groups is 1. The van der Waals surface area contributed by atoms with Gasteiger partial charge in [-0.1, -0.05) is 12.8 Å². The quantitative estimate of drug-likeness (QED) is 0.750. The molecule has 0 saturated heterocycles. The van der Waals surface area contributed by atoms with Gasteiger partial charge in [0.25, 0.3) is 11.5 Å². The fourth-order valence-corrected chi connectivity index (χ4v) is 4.78. The first-order chi connectivity index (χ1) is 12.5. The molecular weight excluding hydrogens is 350 g/mol. The Bertz CT molecular complexity index is 1050. The number of carbonyl (C=O) groups excluding carboxylic acids is 1. The number of thiophene rings is 1. The Morgan fingerprint density at radius 1 is 1.23 bits per heavy atom. The summed E-state index contributed by atoms with van der Waals surface area (Å²) in [5.74, 6) is 0.0519. The van der Waals surface area contributed by atoms with Gasteiger partial charge in [-0.3, -0.25) is 19.7 Å². The zero-order chi connectivity index (χ0) is 18.3. The zero-order valence-corrected chi connectivity index (χ0v) is 15.7. The molecule has 0 saturated carbocycles. The minimum absolute atomic E-state index is 0.199. The van der Waals surface area contributed by atoms with Crippen LogP contribution in [0, 0.1) is 6.92 Å². The normalized spacial score (nSPS) is 14.7. The molecule has 0 aliphatic heterocycles. The molecule has 0 spiro atoms. The summed E-state index contributed by atoms with van der Waals surface area (Å²) in [6, 6.07) is 1.61. The van der Waals surface area contributed by atoms with Gasteiger partial charge in [-0.15, -0.1) is 11.3 Å². The second-order valence-electron chi connectivity index (χ2n) is 6.71. The third kappa shape index (κ3) is 2.94. The van der Waals surface area contributed by atoms with E-state index in [0.29, 0.717) is 11.2 Å². The van der Waals surface area contributed by atoms with Crippen molar-refractivity contribution in [2.24, 2.45) is 7.05 Å². The van der Waals surface area contributed by atoms with Crippen LogP contribution in [-0.4, -0.2) is 25.3 Å². The lowest BCUT2D eigenvalue weighted by molar-refractivity contribution is 0.100. The Hall–Kier alpha value is -2.48. The van der Waals surface area contributed by atoms with Crippen molar-refractivity contribution in [3.63, 3.8) is 0 Å². The lowest BCUT2D eigenvalue weighted by atomic mass is 9.98. The summed E-state index contributed by atoms with van der Waals surface area (Å²) in [4.78, 5) is 32.2. The van der Waals surface area contributed by atoms with Gasteiger partial charge in [-0.2, -0.15) is 5.10 Å². The van der Waals surface area contributed by atoms with Crippen molar-refractivity contribution in [3.05, 3.63) is 44.6 Å². The summed E-state index contributed by atoms with van der Waals surface area (Å²) in [5.41, 5.74) is 3.85. The van der Waals surface area contributed by atoms with Gasteiger partial charge in [0.05, 0.1) is 5.39 Å².